The summed E-state index contributed by atoms with van der Waals surface area (Å²) in [7, 11) is 1.47. The number of aromatic nitrogens is 2. The number of halogens is 2. The topological polar surface area (TPSA) is 100 Å². The smallest absolute Gasteiger partial charge is 0.254 e. The average molecular weight is 509 g/mol. The van der Waals surface area contributed by atoms with Crippen molar-refractivity contribution in [3.63, 3.8) is 0 Å². The molecule has 2 heterocycles. The van der Waals surface area contributed by atoms with Crippen LogP contribution in [0.5, 0.6) is 5.75 Å². The maximum absolute atomic E-state index is 14.8. The third-order valence-electron chi connectivity index (χ3n) is 5.30. The van der Waals surface area contributed by atoms with E-state index in [9.17, 15) is 9.18 Å². The first-order valence-electron chi connectivity index (χ1n) is 10.9. The van der Waals surface area contributed by atoms with Gasteiger partial charge in [-0.15, -0.1) is 0 Å². The van der Waals surface area contributed by atoms with Crippen LogP contribution in [0.2, 0.25) is 0 Å². The summed E-state index contributed by atoms with van der Waals surface area (Å²) < 4.78 is 21.0. The lowest BCUT2D eigenvalue weighted by Gasteiger charge is -2.24. The summed E-state index contributed by atoms with van der Waals surface area (Å²) in [6.45, 7) is 5.87. The molecule has 1 fully saturated rings. The predicted molar refractivity (Wildman–Crippen MR) is 127 cm³/mol. The lowest BCUT2D eigenvalue weighted by Crippen LogP contribution is -2.42. The van der Waals surface area contributed by atoms with E-state index in [1.807, 2.05) is 0 Å². The second-order valence-electron chi connectivity index (χ2n) is 7.88. The van der Waals surface area contributed by atoms with Crippen LogP contribution < -0.4 is 26.0 Å². The predicted octanol–water partition coefficient (Wildman–Crippen LogP) is 4.21. The quantitative estimate of drug-likeness (QED) is 0.402. The molecule has 1 aliphatic heterocycles. The average Bonchev–Trinajstić information content (AvgIpc) is 2.77. The minimum absolute atomic E-state index is 0.0316. The van der Waals surface area contributed by atoms with Gasteiger partial charge in [0.05, 0.1) is 22.8 Å². The van der Waals surface area contributed by atoms with Crippen LogP contribution in [0.1, 0.15) is 49.9 Å². The SMILES string of the molecule is CCCC(C)Nc1nc(Nc2cc(F)c(C(=O)NC3CCNCC3)cc2OC)ncc1Br. The molecule has 2 aromatic rings. The summed E-state index contributed by atoms with van der Waals surface area (Å²) in [6.07, 6.45) is 5.31. The van der Waals surface area contributed by atoms with E-state index in [0.29, 0.717) is 17.3 Å². The van der Waals surface area contributed by atoms with E-state index >= 15 is 0 Å². The Morgan fingerprint density at radius 1 is 1.38 bits per heavy atom. The van der Waals surface area contributed by atoms with E-state index in [1.165, 1.54) is 19.2 Å². The van der Waals surface area contributed by atoms with Crippen molar-refractivity contribution in [2.24, 2.45) is 0 Å². The van der Waals surface area contributed by atoms with Crippen molar-refractivity contribution in [2.75, 3.05) is 30.8 Å². The molecule has 3 rings (SSSR count). The molecule has 1 atom stereocenters. The van der Waals surface area contributed by atoms with Crippen LogP contribution in [0, 0.1) is 5.82 Å². The van der Waals surface area contributed by atoms with Crippen LogP contribution in [-0.4, -0.2) is 48.2 Å². The van der Waals surface area contributed by atoms with E-state index in [2.05, 4.69) is 61.0 Å². The number of carbonyl (C=O) groups is 1. The summed E-state index contributed by atoms with van der Waals surface area (Å²) in [4.78, 5) is 21.4. The Bertz CT molecular complexity index is 939. The summed E-state index contributed by atoms with van der Waals surface area (Å²) >= 11 is 3.45. The third kappa shape index (κ3) is 6.29. The highest BCUT2D eigenvalue weighted by Crippen LogP contribution is 2.31. The van der Waals surface area contributed by atoms with E-state index in [1.54, 1.807) is 6.20 Å². The monoisotopic (exact) mass is 508 g/mol. The number of nitrogens with one attached hydrogen (secondary N) is 4. The summed E-state index contributed by atoms with van der Waals surface area (Å²) in [6, 6.07) is 2.90. The van der Waals surface area contributed by atoms with Gasteiger partial charge >= 0.3 is 0 Å². The lowest BCUT2D eigenvalue weighted by atomic mass is 10.1. The van der Waals surface area contributed by atoms with Gasteiger partial charge in [0.15, 0.2) is 0 Å². The van der Waals surface area contributed by atoms with Crippen molar-refractivity contribution >= 4 is 39.3 Å². The van der Waals surface area contributed by atoms with E-state index in [4.69, 9.17) is 4.74 Å². The molecular weight excluding hydrogens is 479 g/mol. The van der Waals surface area contributed by atoms with E-state index in [-0.39, 0.29) is 23.6 Å². The minimum atomic E-state index is -0.647. The molecule has 1 aliphatic rings. The van der Waals surface area contributed by atoms with Gasteiger partial charge in [-0.2, -0.15) is 4.98 Å². The highest BCUT2D eigenvalue weighted by Gasteiger charge is 2.21. The second kappa shape index (κ2) is 11.4. The molecule has 1 aromatic carbocycles. The number of nitrogens with zero attached hydrogens (tertiary/aromatic N) is 2. The van der Waals surface area contributed by atoms with Crippen LogP contribution in [0.3, 0.4) is 0 Å². The minimum Gasteiger partial charge on any atom is -0.495 e. The second-order valence-corrected chi connectivity index (χ2v) is 8.73. The first-order valence-corrected chi connectivity index (χ1v) is 11.7. The first-order chi connectivity index (χ1) is 15.4. The molecule has 8 nitrogen and oxygen atoms in total. The standard InChI is InChI=1S/C22H30BrFN6O2/c1-4-5-13(2)27-20-16(23)12-26-22(30-20)29-18-11-17(24)15(10-19(18)32-3)21(31)28-14-6-8-25-9-7-14/h10-14,25H,4-9H2,1-3H3,(H,28,31)(H2,26,27,29,30). The fourth-order valence-corrected chi connectivity index (χ4v) is 3.92. The Morgan fingerprint density at radius 2 is 2.12 bits per heavy atom. The number of amides is 1. The zero-order valence-corrected chi connectivity index (χ0v) is 20.2. The third-order valence-corrected chi connectivity index (χ3v) is 5.88. The molecule has 1 amide bonds. The van der Waals surface area contributed by atoms with Gasteiger partial charge in [-0.25, -0.2) is 9.37 Å². The van der Waals surface area contributed by atoms with Gasteiger partial charge in [0.1, 0.15) is 17.4 Å². The summed E-state index contributed by atoms with van der Waals surface area (Å²) in [5.41, 5.74) is 0.275. The molecule has 174 valence electrons. The number of piperidine rings is 1. The van der Waals surface area contributed by atoms with Crippen LogP contribution in [0.15, 0.2) is 22.8 Å². The van der Waals surface area contributed by atoms with Crippen LogP contribution in [0.25, 0.3) is 0 Å². The van der Waals surface area contributed by atoms with Crippen LogP contribution in [-0.2, 0) is 0 Å². The van der Waals surface area contributed by atoms with Crippen molar-refractivity contribution < 1.29 is 13.9 Å². The van der Waals surface area contributed by atoms with Gasteiger partial charge in [0.2, 0.25) is 5.95 Å². The Labute approximate surface area is 196 Å². The lowest BCUT2D eigenvalue weighted by molar-refractivity contribution is 0.0925. The zero-order chi connectivity index (χ0) is 23.1. The number of hydrogen-bond acceptors (Lipinski definition) is 7. The molecule has 10 heteroatoms. The maximum Gasteiger partial charge on any atom is 0.254 e. The van der Waals surface area contributed by atoms with Gasteiger partial charge in [-0.05, 0) is 61.3 Å². The first kappa shape index (κ1) is 24.2. The zero-order valence-electron chi connectivity index (χ0n) is 18.6. The molecule has 32 heavy (non-hydrogen) atoms. The van der Waals surface area contributed by atoms with Gasteiger partial charge in [-0.1, -0.05) is 13.3 Å². The van der Waals surface area contributed by atoms with Crippen LogP contribution >= 0.6 is 15.9 Å². The number of carbonyl (C=O) groups excluding carboxylic acids is 1. The van der Waals surface area contributed by atoms with Gasteiger partial charge < -0.3 is 26.0 Å². The Morgan fingerprint density at radius 3 is 2.81 bits per heavy atom. The molecule has 0 spiro atoms. The highest BCUT2D eigenvalue weighted by molar-refractivity contribution is 9.10. The normalized spacial score (nSPS) is 15.2. The molecule has 0 bridgehead atoms. The van der Waals surface area contributed by atoms with Crippen molar-refractivity contribution in [1.82, 2.24) is 20.6 Å². The number of ether oxygens (including phenoxy) is 1. The number of methoxy groups -OCH3 is 1. The number of hydrogen-bond donors (Lipinski definition) is 4. The van der Waals surface area contributed by atoms with Crippen molar-refractivity contribution in [3.05, 3.63) is 34.2 Å². The number of anilines is 3. The van der Waals surface area contributed by atoms with E-state index in [0.717, 1.165) is 43.2 Å². The van der Waals surface area contributed by atoms with Crippen molar-refractivity contribution in [1.29, 1.82) is 0 Å². The maximum atomic E-state index is 14.8. The van der Waals surface area contributed by atoms with Crippen molar-refractivity contribution in [3.8, 4) is 5.75 Å². The molecule has 0 saturated carbocycles. The highest BCUT2D eigenvalue weighted by atomic mass is 79.9. The molecule has 1 aromatic heterocycles. The Kier molecular flexibility index (Phi) is 8.63. The number of rotatable bonds is 9. The molecule has 0 aliphatic carbocycles. The number of benzene rings is 1. The van der Waals surface area contributed by atoms with Crippen LogP contribution in [0.4, 0.5) is 21.8 Å². The molecule has 4 N–H and O–H groups in total. The molecular formula is C22H30BrFN6O2. The molecule has 1 unspecified atom stereocenters. The van der Waals surface area contributed by atoms with E-state index < -0.39 is 11.7 Å². The van der Waals surface area contributed by atoms with Crippen molar-refractivity contribution in [2.45, 2.75) is 51.6 Å². The molecule has 0 radical (unpaired) electrons. The van der Waals surface area contributed by atoms with Gasteiger partial charge in [-0.3, -0.25) is 4.79 Å². The summed E-state index contributed by atoms with van der Waals surface area (Å²) in [5, 5.41) is 12.5. The fraction of sp³-hybridized carbons (Fsp3) is 0.500. The Hall–Kier alpha value is -2.46. The van der Waals surface area contributed by atoms with Gasteiger partial charge in [0, 0.05) is 24.3 Å². The molecule has 1 saturated heterocycles. The Balaban J connectivity index is 1.78. The fourth-order valence-electron chi connectivity index (χ4n) is 3.61. The largest absolute Gasteiger partial charge is 0.495 e. The summed E-state index contributed by atoms with van der Waals surface area (Å²) in [5.74, 6) is 0.148. The van der Waals surface area contributed by atoms with Gasteiger partial charge in [0.25, 0.3) is 5.91 Å².